The highest BCUT2D eigenvalue weighted by Crippen LogP contribution is 2.27. The van der Waals surface area contributed by atoms with Gasteiger partial charge >= 0.3 is 0 Å². The van der Waals surface area contributed by atoms with Gasteiger partial charge in [-0.25, -0.2) is 4.98 Å². The molecule has 0 N–H and O–H groups in total. The molecule has 2 fully saturated rings. The molecule has 4 nitrogen and oxygen atoms in total. The maximum atomic E-state index is 12.6. The van der Waals surface area contributed by atoms with Gasteiger partial charge in [-0.15, -0.1) is 11.3 Å². The first-order valence-electron chi connectivity index (χ1n) is 9.39. The second-order valence-corrected chi connectivity index (χ2v) is 9.19. The minimum Gasteiger partial charge on any atom is -0.340 e. The van der Waals surface area contributed by atoms with E-state index < -0.39 is 0 Å². The number of amides is 1. The van der Waals surface area contributed by atoms with Crippen molar-refractivity contribution < 1.29 is 4.79 Å². The Balaban J connectivity index is 1.48. The van der Waals surface area contributed by atoms with Crippen LogP contribution in [-0.2, 0) is 16.8 Å². The van der Waals surface area contributed by atoms with Crippen LogP contribution in [0.15, 0.2) is 5.38 Å². The van der Waals surface area contributed by atoms with Crippen LogP contribution in [0.5, 0.6) is 0 Å². The lowest BCUT2D eigenvalue weighted by atomic mass is 9.88. The predicted molar refractivity (Wildman–Crippen MR) is 99.2 cm³/mol. The number of carbonyl (C=O) groups is 1. The fraction of sp³-hybridized carbons (Fsp3) is 0.789. The molecule has 0 radical (unpaired) electrons. The van der Waals surface area contributed by atoms with Crippen LogP contribution in [0.3, 0.4) is 0 Å². The van der Waals surface area contributed by atoms with Crippen molar-refractivity contribution in [2.45, 2.75) is 64.8 Å². The number of nitrogens with zero attached hydrogens (tertiary/aromatic N) is 3. The standard InChI is InChI=1S/C19H31N3OS/c1-19(2,3)18-20-16(14-24-18)13-21-9-11-22(12-10-21)17(23)15-7-5-4-6-8-15/h14-15H,4-13H2,1-3H3. The summed E-state index contributed by atoms with van der Waals surface area (Å²) in [6.45, 7) is 11.3. The largest absolute Gasteiger partial charge is 0.340 e. The van der Waals surface area contributed by atoms with Gasteiger partial charge in [0.2, 0.25) is 5.91 Å². The number of thiazole rings is 1. The Hall–Kier alpha value is -0.940. The summed E-state index contributed by atoms with van der Waals surface area (Å²) in [5, 5.41) is 3.41. The fourth-order valence-corrected chi connectivity index (χ4v) is 4.59. The Morgan fingerprint density at radius 3 is 2.42 bits per heavy atom. The number of hydrogen-bond acceptors (Lipinski definition) is 4. The van der Waals surface area contributed by atoms with Crippen molar-refractivity contribution in [3.05, 3.63) is 16.1 Å². The highest BCUT2D eigenvalue weighted by molar-refractivity contribution is 7.09. The van der Waals surface area contributed by atoms with Crippen molar-refractivity contribution in [3.8, 4) is 0 Å². The van der Waals surface area contributed by atoms with E-state index in [-0.39, 0.29) is 5.41 Å². The van der Waals surface area contributed by atoms with Crippen LogP contribution in [0.1, 0.15) is 63.6 Å². The quantitative estimate of drug-likeness (QED) is 0.835. The molecular weight excluding hydrogens is 318 g/mol. The number of rotatable bonds is 3. The second-order valence-electron chi connectivity index (χ2n) is 8.33. The lowest BCUT2D eigenvalue weighted by Crippen LogP contribution is -2.50. The zero-order valence-electron chi connectivity index (χ0n) is 15.4. The first kappa shape index (κ1) is 17.9. The van der Waals surface area contributed by atoms with E-state index in [9.17, 15) is 4.79 Å². The second kappa shape index (κ2) is 7.52. The molecule has 0 spiro atoms. The van der Waals surface area contributed by atoms with Crippen LogP contribution in [-0.4, -0.2) is 46.9 Å². The van der Waals surface area contributed by atoms with Crippen LogP contribution in [0.2, 0.25) is 0 Å². The summed E-state index contributed by atoms with van der Waals surface area (Å²) in [6.07, 6.45) is 5.98. The molecule has 0 bridgehead atoms. The summed E-state index contributed by atoms with van der Waals surface area (Å²) in [5.41, 5.74) is 1.31. The van der Waals surface area contributed by atoms with Crippen LogP contribution in [0.25, 0.3) is 0 Å². The molecule has 1 aromatic rings. The lowest BCUT2D eigenvalue weighted by Gasteiger charge is -2.36. The van der Waals surface area contributed by atoms with Crippen LogP contribution >= 0.6 is 11.3 Å². The number of piperazine rings is 1. The third kappa shape index (κ3) is 4.37. The molecule has 1 aliphatic heterocycles. The van der Waals surface area contributed by atoms with Crippen LogP contribution in [0, 0.1) is 5.92 Å². The highest BCUT2D eigenvalue weighted by atomic mass is 32.1. The van der Waals surface area contributed by atoms with Gasteiger partial charge in [0.1, 0.15) is 0 Å². The van der Waals surface area contributed by atoms with Crippen molar-refractivity contribution in [1.82, 2.24) is 14.8 Å². The lowest BCUT2D eigenvalue weighted by molar-refractivity contribution is -0.138. The minimum atomic E-state index is 0.133. The van der Waals surface area contributed by atoms with E-state index in [1.807, 2.05) is 0 Å². The molecule has 5 heteroatoms. The summed E-state index contributed by atoms with van der Waals surface area (Å²) >= 11 is 1.77. The Morgan fingerprint density at radius 1 is 1.17 bits per heavy atom. The minimum absolute atomic E-state index is 0.133. The molecule has 1 aromatic heterocycles. The summed E-state index contributed by atoms with van der Waals surface area (Å²) in [4.78, 5) is 22.0. The SMILES string of the molecule is CC(C)(C)c1nc(CN2CCN(C(=O)C3CCCCC3)CC2)cs1. The van der Waals surface area contributed by atoms with Gasteiger partial charge in [-0.1, -0.05) is 40.0 Å². The molecule has 3 rings (SSSR count). The molecule has 134 valence electrons. The molecule has 24 heavy (non-hydrogen) atoms. The summed E-state index contributed by atoms with van der Waals surface area (Å²) in [6, 6.07) is 0. The van der Waals surface area contributed by atoms with Gasteiger partial charge in [0.05, 0.1) is 10.7 Å². The Bertz CT molecular complexity index is 549. The number of carbonyl (C=O) groups excluding carboxylic acids is 1. The van der Waals surface area contributed by atoms with E-state index in [2.05, 4.69) is 36.0 Å². The van der Waals surface area contributed by atoms with Crippen molar-refractivity contribution in [2.75, 3.05) is 26.2 Å². The normalized spacial score (nSPS) is 21.2. The van der Waals surface area contributed by atoms with Gasteiger partial charge in [0.25, 0.3) is 0 Å². The molecule has 1 amide bonds. The fourth-order valence-electron chi connectivity index (χ4n) is 3.69. The van der Waals surface area contributed by atoms with Gasteiger partial charge in [0, 0.05) is 49.4 Å². The van der Waals surface area contributed by atoms with E-state index in [4.69, 9.17) is 4.98 Å². The molecule has 2 heterocycles. The molecule has 0 unspecified atom stereocenters. The van der Waals surface area contributed by atoms with Crippen molar-refractivity contribution >= 4 is 17.2 Å². The molecule has 1 saturated heterocycles. The van der Waals surface area contributed by atoms with Gasteiger partial charge in [-0.2, -0.15) is 0 Å². The zero-order valence-corrected chi connectivity index (χ0v) is 16.2. The third-order valence-electron chi connectivity index (χ3n) is 5.22. The third-order valence-corrected chi connectivity index (χ3v) is 6.53. The molecular formula is C19H31N3OS. The topological polar surface area (TPSA) is 36.4 Å². The Morgan fingerprint density at radius 2 is 1.83 bits per heavy atom. The highest BCUT2D eigenvalue weighted by Gasteiger charge is 2.28. The average Bonchev–Trinajstić information content (AvgIpc) is 3.05. The maximum Gasteiger partial charge on any atom is 0.225 e. The van der Waals surface area contributed by atoms with E-state index in [1.54, 1.807) is 11.3 Å². The zero-order chi connectivity index (χ0) is 17.2. The van der Waals surface area contributed by atoms with Crippen molar-refractivity contribution in [1.29, 1.82) is 0 Å². The molecule has 0 atom stereocenters. The summed E-state index contributed by atoms with van der Waals surface area (Å²) < 4.78 is 0. The Labute approximate surface area is 150 Å². The van der Waals surface area contributed by atoms with Crippen molar-refractivity contribution in [2.24, 2.45) is 5.92 Å². The number of aromatic nitrogens is 1. The van der Waals surface area contributed by atoms with E-state index in [1.165, 1.54) is 30.0 Å². The predicted octanol–water partition coefficient (Wildman–Crippen LogP) is 3.67. The van der Waals surface area contributed by atoms with Gasteiger partial charge in [-0.05, 0) is 12.8 Å². The summed E-state index contributed by atoms with van der Waals surface area (Å²) in [5.74, 6) is 0.719. The first-order valence-corrected chi connectivity index (χ1v) is 10.3. The van der Waals surface area contributed by atoms with Gasteiger partial charge in [-0.3, -0.25) is 9.69 Å². The van der Waals surface area contributed by atoms with E-state index in [0.29, 0.717) is 11.8 Å². The van der Waals surface area contributed by atoms with E-state index >= 15 is 0 Å². The smallest absolute Gasteiger partial charge is 0.225 e. The van der Waals surface area contributed by atoms with E-state index in [0.717, 1.165) is 45.6 Å². The summed E-state index contributed by atoms with van der Waals surface area (Å²) in [7, 11) is 0. The number of hydrogen-bond donors (Lipinski definition) is 0. The van der Waals surface area contributed by atoms with Crippen LogP contribution in [0.4, 0.5) is 0 Å². The first-order chi connectivity index (χ1) is 11.4. The monoisotopic (exact) mass is 349 g/mol. The van der Waals surface area contributed by atoms with Gasteiger partial charge in [0.15, 0.2) is 0 Å². The van der Waals surface area contributed by atoms with Crippen molar-refractivity contribution in [3.63, 3.8) is 0 Å². The average molecular weight is 350 g/mol. The molecule has 1 aliphatic carbocycles. The molecule has 2 aliphatic rings. The Kier molecular flexibility index (Phi) is 5.60. The van der Waals surface area contributed by atoms with Crippen LogP contribution < -0.4 is 0 Å². The van der Waals surface area contributed by atoms with Gasteiger partial charge < -0.3 is 4.90 Å². The molecule has 0 aromatic carbocycles. The molecule has 1 saturated carbocycles. The maximum absolute atomic E-state index is 12.6.